The fourth-order valence-electron chi connectivity index (χ4n) is 1.61. The van der Waals surface area contributed by atoms with Crippen molar-refractivity contribution < 1.29 is 4.39 Å². The van der Waals surface area contributed by atoms with Gasteiger partial charge in [0.1, 0.15) is 5.82 Å². The molecule has 1 aromatic carbocycles. The second kappa shape index (κ2) is 4.31. The van der Waals surface area contributed by atoms with Crippen molar-refractivity contribution >= 4 is 0 Å². The van der Waals surface area contributed by atoms with Gasteiger partial charge < -0.3 is 4.57 Å². The minimum atomic E-state index is -0.279. The van der Waals surface area contributed by atoms with Crippen molar-refractivity contribution in [3.05, 3.63) is 69.9 Å². The zero-order valence-corrected chi connectivity index (χ0v) is 8.98. The molecular formula is C13H12FNO. The summed E-state index contributed by atoms with van der Waals surface area (Å²) >= 11 is 0. The van der Waals surface area contributed by atoms with Crippen LogP contribution >= 0.6 is 0 Å². The topological polar surface area (TPSA) is 22.0 Å². The molecule has 0 radical (unpaired) electrons. The molecule has 2 rings (SSSR count). The number of aromatic nitrogens is 1. The lowest BCUT2D eigenvalue weighted by Crippen LogP contribution is -2.19. The summed E-state index contributed by atoms with van der Waals surface area (Å²) in [6, 6.07) is 9.57. The number of hydrogen-bond acceptors (Lipinski definition) is 1. The molecular weight excluding hydrogens is 205 g/mol. The van der Waals surface area contributed by atoms with Crippen molar-refractivity contribution in [1.82, 2.24) is 4.57 Å². The van der Waals surface area contributed by atoms with Gasteiger partial charge >= 0.3 is 0 Å². The molecule has 0 bridgehead atoms. The van der Waals surface area contributed by atoms with Crippen LogP contribution in [0.1, 0.15) is 11.1 Å². The molecule has 3 heteroatoms. The summed E-state index contributed by atoms with van der Waals surface area (Å²) in [5.41, 5.74) is 1.72. The summed E-state index contributed by atoms with van der Waals surface area (Å²) in [6.07, 6.45) is 1.77. The van der Waals surface area contributed by atoms with Gasteiger partial charge in [0.15, 0.2) is 0 Å². The van der Waals surface area contributed by atoms with E-state index in [1.165, 1.54) is 18.2 Å². The summed E-state index contributed by atoms with van der Waals surface area (Å²) in [5.74, 6) is -0.279. The lowest BCUT2D eigenvalue weighted by Gasteiger charge is -2.06. The van der Waals surface area contributed by atoms with E-state index in [-0.39, 0.29) is 11.4 Å². The van der Waals surface area contributed by atoms with Crippen LogP contribution in [0.4, 0.5) is 4.39 Å². The number of pyridine rings is 1. The average Bonchev–Trinajstić information content (AvgIpc) is 2.24. The molecule has 0 spiro atoms. The van der Waals surface area contributed by atoms with Crippen molar-refractivity contribution in [2.75, 3.05) is 0 Å². The maximum absolute atomic E-state index is 13.0. The molecule has 0 fully saturated rings. The Balaban J connectivity index is 2.34. The molecule has 1 aromatic heterocycles. The van der Waals surface area contributed by atoms with Gasteiger partial charge in [-0.1, -0.05) is 18.2 Å². The summed E-state index contributed by atoms with van der Waals surface area (Å²) in [5, 5.41) is 0. The van der Waals surface area contributed by atoms with Crippen LogP contribution in [0.5, 0.6) is 0 Å². The second-order valence-corrected chi connectivity index (χ2v) is 3.80. The minimum absolute atomic E-state index is 0.0742. The molecule has 0 aliphatic carbocycles. The third-order valence-electron chi connectivity index (χ3n) is 2.37. The van der Waals surface area contributed by atoms with E-state index in [2.05, 4.69) is 0 Å². The first-order valence-corrected chi connectivity index (χ1v) is 5.07. The van der Waals surface area contributed by atoms with E-state index < -0.39 is 0 Å². The molecule has 2 nitrogen and oxygen atoms in total. The van der Waals surface area contributed by atoms with Crippen LogP contribution in [-0.4, -0.2) is 4.57 Å². The van der Waals surface area contributed by atoms with Crippen LogP contribution in [0.25, 0.3) is 0 Å². The van der Waals surface area contributed by atoms with Gasteiger partial charge in [0.2, 0.25) is 0 Å². The standard InChI is InChI=1S/C13H12FNO/c1-10-5-6-13(16)15(8-10)9-11-3-2-4-12(14)7-11/h2-8H,9H2,1H3. The molecule has 2 aromatic rings. The third-order valence-corrected chi connectivity index (χ3v) is 2.37. The fourth-order valence-corrected chi connectivity index (χ4v) is 1.61. The summed E-state index contributed by atoms with van der Waals surface area (Å²) in [4.78, 5) is 11.5. The lowest BCUT2D eigenvalue weighted by molar-refractivity contribution is 0.622. The fraction of sp³-hybridized carbons (Fsp3) is 0.154. The Morgan fingerprint density at radius 1 is 1.25 bits per heavy atom. The molecule has 0 saturated heterocycles. The highest BCUT2D eigenvalue weighted by molar-refractivity contribution is 5.17. The molecule has 16 heavy (non-hydrogen) atoms. The summed E-state index contributed by atoms with van der Waals surface area (Å²) < 4.78 is 14.5. The van der Waals surface area contributed by atoms with Gasteiger partial charge in [-0.25, -0.2) is 4.39 Å². The van der Waals surface area contributed by atoms with Crippen molar-refractivity contribution in [1.29, 1.82) is 0 Å². The second-order valence-electron chi connectivity index (χ2n) is 3.80. The Labute approximate surface area is 93.0 Å². The van der Waals surface area contributed by atoms with E-state index >= 15 is 0 Å². The maximum Gasteiger partial charge on any atom is 0.250 e. The predicted molar refractivity (Wildman–Crippen MR) is 60.9 cm³/mol. The molecule has 1 heterocycles. The van der Waals surface area contributed by atoms with Gasteiger partial charge in [0, 0.05) is 12.3 Å². The van der Waals surface area contributed by atoms with E-state index in [0.717, 1.165) is 11.1 Å². The summed E-state index contributed by atoms with van der Waals surface area (Å²) in [6.45, 7) is 2.32. The SMILES string of the molecule is Cc1ccc(=O)n(Cc2cccc(F)c2)c1. The highest BCUT2D eigenvalue weighted by atomic mass is 19.1. The molecule has 0 atom stereocenters. The Morgan fingerprint density at radius 2 is 2.06 bits per heavy atom. The highest BCUT2D eigenvalue weighted by Gasteiger charge is 1.99. The largest absolute Gasteiger partial charge is 0.311 e. The first-order chi connectivity index (χ1) is 7.65. The van der Waals surface area contributed by atoms with Crippen LogP contribution in [0.2, 0.25) is 0 Å². The predicted octanol–water partition coefficient (Wildman–Crippen LogP) is 2.34. The van der Waals surface area contributed by atoms with Crippen LogP contribution in [-0.2, 0) is 6.54 Å². The number of aryl methyl sites for hydroxylation is 1. The molecule has 0 unspecified atom stereocenters. The molecule has 0 aliphatic heterocycles. The first kappa shape index (κ1) is 10.6. The Kier molecular flexibility index (Phi) is 2.86. The third kappa shape index (κ3) is 2.37. The van der Waals surface area contributed by atoms with Crippen LogP contribution in [0.3, 0.4) is 0 Å². The van der Waals surface area contributed by atoms with Gasteiger partial charge in [-0.05, 0) is 30.2 Å². The smallest absolute Gasteiger partial charge is 0.250 e. The zero-order chi connectivity index (χ0) is 11.5. The molecule has 0 amide bonds. The van der Waals surface area contributed by atoms with Crippen molar-refractivity contribution in [3.8, 4) is 0 Å². The normalized spacial score (nSPS) is 10.4. The number of nitrogens with zero attached hydrogens (tertiary/aromatic N) is 1. The highest BCUT2D eigenvalue weighted by Crippen LogP contribution is 2.05. The molecule has 82 valence electrons. The van der Waals surface area contributed by atoms with Crippen molar-refractivity contribution in [2.45, 2.75) is 13.5 Å². The van der Waals surface area contributed by atoms with Gasteiger partial charge in [0.05, 0.1) is 6.54 Å². The Morgan fingerprint density at radius 3 is 2.81 bits per heavy atom. The van der Waals surface area contributed by atoms with Gasteiger partial charge in [0.25, 0.3) is 5.56 Å². The van der Waals surface area contributed by atoms with E-state index in [1.54, 1.807) is 29.0 Å². The molecule has 0 saturated carbocycles. The number of hydrogen-bond donors (Lipinski definition) is 0. The van der Waals surface area contributed by atoms with Gasteiger partial charge in [-0.3, -0.25) is 4.79 Å². The van der Waals surface area contributed by atoms with Crippen molar-refractivity contribution in [3.63, 3.8) is 0 Å². The summed E-state index contributed by atoms with van der Waals surface area (Å²) in [7, 11) is 0. The van der Waals surface area contributed by atoms with Crippen LogP contribution < -0.4 is 5.56 Å². The number of halogens is 1. The lowest BCUT2D eigenvalue weighted by atomic mass is 10.2. The zero-order valence-electron chi connectivity index (χ0n) is 8.98. The quantitative estimate of drug-likeness (QED) is 0.756. The van der Waals surface area contributed by atoms with Gasteiger partial charge in [-0.15, -0.1) is 0 Å². The molecule has 0 N–H and O–H groups in total. The van der Waals surface area contributed by atoms with E-state index in [4.69, 9.17) is 0 Å². The van der Waals surface area contributed by atoms with Crippen LogP contribution in [0.15, 0.2) is 47.4 Å². The van der Waals surface area contributed by atoms with Gasteiger partial charge in [-0.2, -0.15) is 0 Å². The minimum Gasteiger partial charge on any atom is -0.311 e. The first-order valence-electron chi connectivity index (χ1n) is 5.07. The Bertz CT molecular complexity index is 560. The Hall–Kier alpha value is -1.90. The van der Waals surface area contributed by atoms with E-state index in [1.807, 2.05) is 6.92 Å². The average molecular weight is 217 g/mol. The van der Waals surface area contributed by atoms with Crippen LogP contribution in [0, 0.1) is 12.7 Å². The van der Waals surface area contributed by atoms with Crippen molar-refractivity contribution in [2.24, 2.45) is 0 Å². The van der Waals surface area contributed by atoms with E-state index in [0.29, 0.717) is 6.54 Å². The number of rotatable bonds is 2. The molecule has 0 aliphatic rings. The monoisotopic (exact) mass is 217 g/mol. The number of benzene rings is 1. The maximum atomic E-state index is 13.0. The van der Waals surface area contributed by atoms with E-state index in [9.17, 15) is 9.18 Å².